The van der Waals surface area contributed by atoms with Crippen LogP contribution < -0.4 is 9.47 Å². The average Bonchev–Trinajstić information content (AvgIpc) is 2.88. The van der Waals surface area contributed by atoms with Gasteiger partial charge in [0.25, 0.3) is 0 Å². The summed E-state index contributed by atoms with van der Waals surface area (Å²) in [5.74, 6) is -10.5. The van der Waals surface area contributed by atoms with Crippen molar-refractivity contribution in [3.8, 4) is 22.6 Å². The summed E-state index contributed by atoms with van der Waals surface area (Å²) in [6.45, 7) is 2.67. The van der Waals surface area contributed by atoms with Gasteiger partial charge in [0.05, 0.1) is 11.7 Å². The fraction of sp³-hybridized carbons (Fsp3) is 0.333. The summed E-state index contributed by atoms with van der Waals surface area (Å²) in [5.41, 5.74) is -0.504. The van der Waals surface area contributed by atoms with Crippen LogP contribution in [0.5, 0.6) is 11.5 Å². The number of hydrogen-bond donors (Lipinski definition) is 0. The molecule has 4 rings (SSSR count). The Morgan fingerprint density at radius 2 is 1.32 bits per heavy atom. The van der Waals surface area contributed by atoms with Gasteiger partial charge in [-0.3, -0.25) is 0 Å². The first-order valence-electron chi connectivity index (χ1n) is 11.8. The van der Waals surface area contributed by atoms with Gasteiger partial charge in [-0.25, -0.2) is 17.6 Å². The Morgan fingerprint density at radius 3 is 1.82 bits per heavy atom. The van der Waals surface area contributed by atoms with Gasteiger partial charge in [0.15, 0.2) is 34.8 Å². The van der Waals surface area contributed by atoms with Crippen molar-refractivity contribution in [2.24, 2.45) is 5.92 Å². The lowest BCUT2D eigenvalue weighted by Gasteiger charge is -2.27. The first kappa shape index (κ1) is 29.5. The van der Waals surface area contributed by atoms with E-state index in [0.29, 0.717) is 30.2 Å². The van der Waals surface area contributed by atoms with Crippen molar-refractivity contribution in [1.29, 1.82) is 0 Å². The van der Waals surface area contributed by atoms with Gasteiger partial charge in [0.1, 0.15) is 0 Å². The maximum absolute atomic E-state index is 14.7. The molecule has 0 radical (unpaired) electrons. The summed E-state index contributed by atoms with van der Waals surface area (Å²) in [5, 5.41) is 0. The lowest BCUT2D eigenvalue weighted by Crippen LogP contribution is -2.30. The second kappa shape index (κ2) is 11.2. The smallest absolute Gasteiger partial charge is 0.446 e. The summed E-state index contributed by atoms with van der Waals surface area (Å²) in [6.07, 6.45) is -12.9. The van der Waals surface area contributed by atoms with Gasteiger partial charge in [-0.2, -0.15) is 26.3 Å². The Balaban J connectivity index is 1.53. The predicted octanol–water partition coefficient (Wildman–Crippen LogP) is 8.76. The lowest BCUT2D eigenvalue weighted by atomic mass is 9.94. The predicted molar refractivity (Wildman–Crippen MR) is 121 cm³/mol. The number of benzene rings is 3. The van der Waals surface area contributed by atoms with E-state index in [2.05, 4.69) is 16.4 Å². The van der Waals surface area contributed by atoms with E-state index in [1.54, 1.807) is 24.3 Å². The van der Waals surface area contributed by atoms with E-state index in [1.165, 1.54) is 0 Å². The molecule has 1 aliphatic heterocycles. The summed E-state index contributed by atoms with van der Waals surface area (Å²) >= 11 is 0. The Morgan fingerprint density at radius 1 is 0.775 bits per heavy atom. The molecule has 1 fully saturated rings. The molecule has 40 heavy (non-hydrogen) atoms. The zero-order valence-electron chi connectivity index (χ0n) is 20.5. The minimum atomic E-state index is -5.66. The second-order valence-electron chi connectivity index (χ2n) is 9.26. The summed E-state index contributed by atoms with van der Waals surface area (Å²) < 4.78 is 150. The monoisotopic (exact) mass is 582 g/mol. The quantitative estimate of drug-likeness (QED) is 0.261. The fourth-order valence-electron chi connectivity index (χ4n) is 4.06. The molecule has 0 bridgehead atoms. The minimum absolute atomic E-state index is 0.0283. The zero-order chi connectivity index (χ0) is 29.4. The number of alkyl halides is 6. The van der Waals surface area contributed by atoms with Crippen molar-refractivity contribution in [2.75, 3.05) is 6.61 Å². The molecule has 0 aliphatic carbocycles. The third-order valence-electron chi connectivity index (χ3n) is 6.16. The van der Waals surface area contributed by atoms with E-state index in [9.17, 15) is 43.9 Å². The molecule has 13 heteroatoms. The third kappa shape index (κ3) is 6.45. The molecule has 3 unspecified atom stereocenters. The number of halogens is 10. The van der Waals surface area contributed by atoms with Crippen molar-refractivity contribution in [3.05, 3.63) is 82.9 Å². The van der Waals surface area contributed by atoms with Gasteiger partial charge in [-0.05, 0) is 59.7 Å². The van der Waals surface area contributed by atoms with Crippen molar-refractivity contribution >= 4 is 0 Å². The molecule has 3 atom stereocenters. The van der Waals surface area contributed by atoms with Crippen LogP contribution in [0.25, 0.3) is 11.1 Å². The Kier molecular flexibility index (Phi) is 8.25. The Hall–Kier alpha value is -3.48. The highest BCUT2D eigenvalue weighted by Crippen LogP contribution is 2.39. The Bertz CT molecular complexity index is 1300. The molecule has 0 N–H and O–H groups in total. The van der Waals surface area contributed by atoms with E-state index in [0.717, 1.165) is 18.4 Å². The van der Waals surface area contributed by atoms with Gasteiger partial charge in [-0.1, -0.05) is 31.2 Å². The van der Waals surface area contributed by atoms with Gasteiger partial charge in [-0.15, -0.1) is 0 Å². The molecule has 0 aromatic heterocycles. The van der Waals surface area contributed by atoms with Crippen molar-refractivity contribution < 1.29 is 58.1 Å². The first-order valence-corrected chi connectivity index (χ1v) is 11.8. The molecular formula is C27H20F10O3. The molecule has 3 aromatic rings. The molecule has 1 heterocycles. The van der Waals surface area contributed by atoms with Gasteiger partial charge in [0.2, 0.25) is 0 Å². The molecule has 1 saturated heterocycles. The van der Waals surface area contributed by atoms with E-state index in [1.807, 2.05) is 0 Å². The lowest BCUT2D eigenvalue weighted by molar-refractivity contribution is -0.237. The largest absolute Gasteiger partial charge is 0.457 e. The van der Waals surface area contributed by atoms with E-state index < -0.39 is 59.0 Å². The fourth-order valence-corrected chi connectivity index (χ4v) is 4.06. The van der Waals surface area contributed by atoms with E-state index in [-0.39, 0.29) is 23.8 Å². The molecule has 1 aliphatic rings. The highest BCUT2D eigenvalue weighted by molar-refractivity contribution is 5.65. The van der Waals surface area contributed by atoms with Crippen molar-refractivity contribution in [1.82, 2.24) is 0 Å². The van der Waals surface area contributed by atoms with Crippen LogP contribution >= 0.6 is 0 Å². The highest BCUT2D eigenvalue weighted by Gasteiger charge is 2.44. The zero-order valence-corrected chi connectivity index (χ0v) is 20.5. The molecule has 0 saturated carbocycles. The van der Waals surface area contributed by atoms with Crippen LogP contribution in [0.4, 0.5) is 43.9 Å². The topological polar surface area (TPSA) is 27.7 Å². The molecule has 216 valence electrons. The normalized spacial score (nSPS) is 18.9. The minimum Gasteiger partial charge on any atom is -0.446 e. The van der Waals surface area contributed by atoms with Crippen LogP contribution in [0.2, 0.25) is 0 Å². The maximum Gasteiger partial charge on any atom is 0.457 e. The number of hydrogen-bond acceptors (Lipinski definition) is 3. The first-order chi connectivity index (χ1) is 18.7. The Labute approximate surface area is 221 Å². The third-order valence-corrected chi connectivity index (χ3v) is 6.16. The van der Waals surface area contributed by atoms with Crippen LogP contribution in [0.15, 0.2) is 48.5 Å². The molecule has 3 nitrogen and oxygen atoms in total. The van der Waals surface area contributed by atoms with E-state index in [4.69, 9.17) is 4.74 Å². The standard InChI is InChI=1S/C27H20F10O3/c1-13-2-7-22(38-12-13)15-5-3-14(4-6-15)16-8-18(28)24(19(29)9-16)40-27(36,37)17-10-20(30)23(21(31)11-17)39-25(32)26(33,34)35/h3-6,8-11,13,22,25H,2,7,12H2,1H3. The summed E-state index contributed by atoms with van der Waals surface area (Å²) in [4.78, 5) is 0. The van der Waals surface area contributed by atoms with E-state index >= 15 is 0 Å². The second-order valence-corrected chi connectivity index (χ2v) is 9.26. The van der Waals surface area contributed by atoms with Crippen LogP contribution in [0.1, 0.15) is 37.0 Å². The molecule has 0 spiro atoms. The van der Waals surface area contributed by atoms with Crippen LogP contribution in [0, 0.1) is 29.2 Å². The molecule has 0 amide bonds. The van der Waals surface area contributed by atoms with Gasteiger partial charge >= 0.3 is 18.6 Å². The van der Waals surface area contributed by atoms with Crippen LogP contribution in [-0.4, -0.2) is 19.1 Å². The molecular weight excluding hydrogens is 562 g/mol. The highest BCUT2D eigenvalue weighted by atomic mass is 19.4. The molecule has 3 aromatic carbocycles. The summed E-state index contributed by atoms with van der Waals surface area (Å²) in [7, 11) is 0. The van der Waals surface area contributed by atoms with Crippen molar-refractivity contribution in [2.45, 2.75) is 44.5 Å². The van der Waals surface area contributed by atoms with Gasteiger partial charge < -0.3 is 14.2 Å². The number of rotatable bonds is 7. The van der Waals surface area contributed by atoms with Crippen molar-refractivity contribution in [3.63, 3.8) is 0 Å². The maximum atomic E-state index is 14.7. The van der Waals surface area contributed by atoms with Crippen LogP contribution in [0.3, 0.4) is 0 Å². The number of ether oxygens (including phenoxy) is 3. The summed E-state index contributed by atoms with van der Waals surface area (Å²) in [6, 6.07) is 7.53. The van der Waals surface area contributed by atoms with Crippen LogP contribution in [-0.2, 0) is 10.8 Å². The average molecular weight is 582 g/mol. The van der Waals surface area contributed by atoms with Gasteiger partial charge in [0, 0.05) is 6.61 Å². The SMILES string of the molecule is CC1CCC(c2ccc(-c3cc(F)c(OC(F)(F)c4cc(F)c(OC(F)C(F)(F)F)c(F)c4)c(F)c3)cc2)OC1.